The van der Waals surface area contributed by atoms with E-state index in [4.69, 9.17) is 23.2 Å². The van der Waals surface area contributed by atoms with Crippen molar-refractivity contribution in [3.05, 3.63) is 69.7 Å². The minimum Gasteiger partial charge on any atom is -0.345 e. The SMILES string of the molecule is O=C(NCc1nnc2n1CCCCC2)c1cccc(NS(=O)(=O)c2ccc(Cl)c(Cl)c2)c1. The zero-order chi connectivity index (χ0) is 22.7. The Hall–Kier alpha value is -2.62. The predicted molar refractivity (Wildman–Crippen MR) is 122 cm³/mol. The van der Waals surface area contributed by atoms with Crippen molar-refractivity contribution in [1.82, 2.24) is 20.1 Å². The Labute approximate surface area is 196 Å². The molecule has 8 nitrogen and oxygen atoms in total. The lowest BCUT2D eigenvalue weighted by Gasteiger charge is -2.11. The maximum Gasteiger partial charge on any atom is 0.261 e. The fourth-order valence-electron chi connectivity index (χ4n) is 3.52. The maximum absolute atomic E-state index is 12.7. The van der Waals surface area contributed by atoms with Crippen molar-refractivity contribution < 1.29 is 13.2 Å². The number of rotatable bonds is 6. The molecule has 32 heavy (non-hydrogen) atoms. The highest BCUT2D eigenvalue weighted by molar-refractivity contribution is 7.92. The Morgan fingerprint density at radius 3 is 2.69 bits per heavy atom. The molecule has 0 saturated heterocycles. The number of hydrogen-bond acceptors (Lipinski definition) is 5. The number of hydrogen-bond donors (Lipinski definition) is 2. The standard InChI is InChI=1S/C21H21Cl2N5O3S/c22-17-9-8-16(12-18(17)23)32(30,31)27-15-6-4-5-14(11-15)21(29)24-13-20-26-25-19-7-2-1-3-10-28(19)20/h4-6,8-9,11-12,27H,1-3,7,10,13H2,(H,24,29). The summed E-state index contributed by atoms with van der Waals surface area (Å²) in [6.07, 6.45) is 4.20. The fraction of sp³-hybridized carbons (Fsp3) is 0.286. The van der Waals surface area contributed by atoms with E-state index >= 15 is 0 Å². The summed E-state index contributed by atoms with van der Waals surface area (Å²) >= 11 is 11.8. The van der Waals surface area contributed by atoms with Crippen LogP contribution in [0.25, 0.3) is 0 Å². The van der Waals surface area contributed by atoms with Gasteiger partial charge in [-0.1, -0.05) is 35.7 Å². The third kappa shape index (κ3) is 5.06. The number of carbonyl (C=O) groups is 1. The van der Waals surface area contributed by atoms with Gasteiger partial charge in [-0.05, 0) is 49.2 Å². The van der Waals surface area contributed by atoms with Crippen LogP contribution < -0.4 is 10.0 Å². The summed E-state index contributed by atoms with van der Waals surface area (Å²) in [6, 6.07) is 10.3. The van der Waals surface area contributed by atoms with Crippen molar-refractivity contribution in [2.24, 2.45) is 0 Å². The van der Waals surface area contributed by atoms with Crippen molar-refractivity contribution in [2.45, 2.75) is 43.7 Å². The van der Waals surface area contributed by atoms with E-state index in [2.05, 4.69) is 24.8 Å². The molecule has 0 spiro atoms. The molecule has 0 radical (unpaired) electrons. The molecular weight excluding hydrogens is 473 g/mol. The Morgan fingerprint density at radius 1 is 1.03 bits per heavy atom. The molecule has 3 aromatic rings. The number of aryl methyl sites for hydroxylation is 1. The number of anilines is 1. The molecule has 2 heterocycles. The summed E-state index contributed by atoms with van der Waals surface area (Å²) in [7, 11) is -3.90. The zero-order valence-electron chi connectivity index (χ0n) is 17.0. The number of carbonyl (C=O) groups excluding carboxylic acids is 1. The molecule has 2 N–H and O–H groups in total. The number of amides is 1. The third-order valence-corrected chi connectivity index (χ3v) is 7.29. The molecule has 1 aliphatic heterocycles. The number of nitrogens with one attached hydrogen (secondary N) is 2. The zero-order valence-corrected chi connectivity index (χ0v) is 19.3. The summed E-state index contributed by atoms with van der Waals surface area (Å²) in [6.45, 7) is 1.09. The highest BCUT2D eigenvalue weighted by Gasteiger charge is 2.18. The molecule has 4 rings (SSSR count). The van der Waals surface area contributed by atoms with Crippen molar-refractivity contribution in [1.29, 1.82) is 0 Å². The molecule has 1 amide bonds. The molecule has 0 fully saturated rings. The summed E-state index contributed by atoms with van der Waals surface area (Å²) < 4.78 is 29.8. The maximum atomic E-state index is 12.7. The van der Waals surface area contributed by atoms with Gasteiger partial charge in [-0.3, -0.25) is 9.52 Å². The Balaban J connectivity index is 1.45. The lowest BCUT2D eigenvalue weighted by atomic mass is 10.2. The van der Waals surface area contributed by atoms with Gasteiger partial charge in [0.1, 0.15) is 5.82 Å². The lowest BCUT2D eigenvalue weighted by Crippen LogP contribution is -2.25. The minimum absolute atomic E-state index is 0.0331. The first-order chi connectivity index (χ1) is 15.3. The van der Waals surface area contributed by atoms with Gasteiger partial charge in [0, 0.05) is 24.2 Å². The van der Waals surface area contributed by atoms with Crippen LogP contribution in [0.5, 0.6) is 0 Å². The summed E-state index contributed by atoms with van der Waals surface area (Å²) in [5.41, 5.74) is 0.565. The molecule has 0 bridgehead atoms. The van der Waals surface area contributed by atoms with Gasteiger partial charge in [-0.15, -0.1) is 10.2 Å². The van der Waals surface area contributed by atoms with Gasteiger partial charge in [0.2, 0.25) is 0 Å². The summed E-state index contributed by atoms with van der Waals surface area (Å²) in [5.74, 6) is 1.32. The monoisotopic (exact) mass is 493 g/mol. The van der Waals surface area contributed by atoms with Crippen LogP contribution in [-0.2, 0) is 29.5 Å². The quantitative estimate of drug-likeness (QED) is 0.538. The fourth-order valence-corrected chi connectivity index (χ4v) is 4.96. The van der Waals surface area contributed by atoms with Crippen LogP contribution in [0.1, 0.15) is 41.3 Å². The molecule has 11 heteroatoms. The van der Waals surface area contributed by atoms with Crippen LogP contribution in [0.3, 0.4) is 0 Å². The molecule has 1 aliphatic rings. The van der Waals surface area contributed by atoms with Gasteiger partial charge in [-0.25, -0.2) is 8.42 Å². The minimum atomic E-state index is -3.90. The molecule has 0 saturated carbocycles. The first kappa shape index (κ1) is 22.6. The molecule has 0 aliphatic carbocycles. The molecule has 0 atom stereocenters. The Kier molecular flexibility index (Phi) is 6.68. The van der Waals surface area contributed by atoms with E-state index < -0.39 is 10.0 Å². The summed E-state index contributed by atoms with van der Waals surface area (Å²) in [4.78, 5) is 12.6. The van der Waals surface area contributed by atoms with Gasteiger partial charge >= 0.3 is 0 Å². The van der Waals surface area contributed by atoms with Gasteiger partial charge in [0.05, 0.1) is 21.5 Å². The van der Waals surface area contributed by atoms with E-state index in [0.717, 1.165) is 38.1 Å². The highest BCUT2D eigenvalue weighted by atomic mass is 35.5. The molecule has 1 aromatic heterocycles. The predicted octanol–water partition coefficient (Wildman–Crippen LogP) is 4.04. The molecule has 0 unspecified atom stereocenters. The number of benzene rings is 2. The second kappa shape index (κ2) is 9.48. The topological polar surface area (TPSA) is 106 Å². The van der Waals surface area contributed by atoms with E-state index in [9.17, 15) is 13.2 Å². The number of halogens is 2. The van der Waals surface area contributed by atoms with E-state index in [1.807, 2.05) is 0 Å². The van der Waals surface area contributed by atoms with Crippen LogP contribution in [0, 0.1) is 0 Å². The van der Waals surface area contributed by atoms with E-state index in [1.54, 1.807) is 18.2 Å². The summed E-state index contributed by atoms with van der Waals surface area (Å²) in [5, 5.41) is 11.7. The first-order valence-electron chi connectivity index (χ1n) is 10.1. The third-order valence-electron chi connectivity index (χ3n) is 5.17. The molecular formula is C21H21Cl2N5O3S. The van der Waals surface area contributed by atoms with Crippen LogP contribution in [-0.4, -0.2) is 29.1 Å². The average molecular weight is 494 g/mol. The number of nitrogens with zero attached hydrogens (tertiary/aromatic N) is 3. The largest absolute Gasteiger partial charge is 0.345 e. The Morgan fingerprint density at radius 2 is 1.88 bits per heavy atom. The van der Waals surface area contributed by atoms with Crippen LogP contribution >= 0.6 is 23.2 Å². The second-order valence-corrected chi connectivity index (χ2v) is 9.94. The van der Waals surface area contributed by atoms with Crippen molar-refractivity contribution >= 4 is 44.8 Å². The molecule has 2 aromatic carbocycles. The Bertz CT molecular complexity index is 1260. The van der Waals surface area contributed by atoms with Gasteiger partial charge in [0.15, 0.2) is 5.82 Å². The van der Waals surface area contributed by atoms with Gasteiger partial charge < -0.3 is 9.88 Å². The van der Waals surface area contributed by atoms with Crippen LogP contribution in [0.4, 0.5) is 5.69 Å². The van der Waals surface area contributed by atoms with Crippen molar-refractivity contribution in [2.75, 3.05) is 4.72 Å². The van der Waals surface area contributed by atoms with E-state index in [1.165, 1.54) is 24.3 Å². The van der Waals surface area contributed by atoms with Gasteiger partial charge in [0.25, 0.3) is 15.9 Å². The highest BCUT2D eigenvalue weighted by Crippen LogP contribution is 2.26. The first-order valence-corrected chi connectivity index (χ1v) is 12.3. The smallest absolute Gasteiger partial charge is 0.261 e. The van der Waals surface area contributed by atoms with E-state index in [-0.39, 0.29) is 33.1 Å². The number of fused-ring (bicyclic) bond motifs is 1. The lowest BCUT2D eigenvalue weighted by molar-refractivity contribution is 0.0949. The van der Waals surface area contributed by atoms with Crippen LogP contribution in [0.15, 0.2) is 47.4 Å². The van der Waals surface area contributed by atoms with Crippen molar-refractivity contribution in [3.8, 4) is 0 Å². The number of aromatic nitrogens is 3. The molecule has 168 valence electrons. The van der Waals surface area contributed by atoms with Crippen LogP contribution in [0.2, 0.25) is 10.0 Å². The van der Waals surface area contributed by atoms with Crippen molar-refractivity contribution in [3.63, 3.8) is 0 Å². The van der Waals surface area contributed by atoms with Gasteiger partial charge in [-0.2, -0.15) is 0 Å². The normalized spacial score (nSPS) is 13.8. The second-order valence-electron chi connectivity index (χ2n) is 7.44. The average Bonchev–Trinajstić information content (AvgIpc) is 2.99. The van der Waals surface area contributed by atoms with E-state index in [0.29, 0.717) is 11.4 Å². The number of sulfonamides is 1.